The van der Waals surface area contributed by atoms with E-state index in [-0.39, 0.29) is 5.91 Å². The Labute approximate surface area is 168 Å². The summed E-state index contributed by atoms with van der Waals surface area (Å²) in [4.78, 5) is 13.5. The van der Waals surface area contributed by atoms with E-state index in [0.717, 1.165) is 39.9 Å². The molecule has 0 bridgehead atoms. The highest BCUT2D eigenvalue weighted by Gasteiger charge is 2.11. The first-order chi connectivity index (χ1) is 13.8. The molecule has 0 spiro atoms. The lowest BCUT2D eigenvalue weighted by Crippen LogP contribution is -2.22. The van der Waals surface area contributed by atoms with Gasteiger partial charge < -0.3 is 19.2 Å². The number of carbonyl (C=O) groups is 1. The molecule has 1 aliphatic rings. The Hall–Kier alpha value is -2.86. The molecule has 0 aliphatic carbocycles. The topological polar surface area (TPSA) is 60.7 Å². The Balaban J connectivity index is 1.37. The van der Waals surface area contributed by atoms with Gasteiger partial charge in [-0.25, -0.2) is 0 Å². The second-order valence-electron chi connectivity index (χ2n) is 6.41. The molecule has 0 saturated heterocycles. The number of thioether (sulfide) groups is 1. The highest BCUT2D eigenvalue weighted by atomic mass is 32.2. The van der Waals surface area contributed by atoms with Crippen LogP contribution in [0.1, 0.15) is 28.1 Å². The first kappa shape index (κ1) is 18.5. The molecule has 0 radical (unpaired) electrons. The third-order valence-corrected chi connectivity index (χ3v) is 5.38. The SMILES string of the molecule is O=C(NCc1ccco1)c1cccc(CSc2ccc3c(c2)OCCCO3)c1. The number of ether oxygens (including phenoxy) is 2. The Morgan fingerprint density at radius 1 is 1.00 bits per heavy atom. The maximum Gasteiger partial charge on any atom is 0.251 e. The zero-order chi connectivity index (χ0) is 19.2. The van der Waals surface area contributed by atoms with Crippen molar-refractivity contribution in [1.82, 2.24) is 5.32 Å². The van der Waals surface area contributed by atoms with Gasteiger partial charge in [0.1, 0.15) is 5.76 Å². The van der Waals surface area contributed by atoms with E-state index < -0.39 is 0 Å². The molecule has 0 saturated carbocycles. The fourth-order valence-electron chi connectivity index (χ4n) is 2.89. The molecule has 6 heteroatoms. The third kappa shape index (κ3) is 4.70. The third-order valence-electron chi connectivity index (χ3n) is 4.32. The van der Waals surface area contributed by atoms with E-state index >= 15 is 0 Å². The summed E-state index contributed by atoms with van der Waals surface area (Å²) in [5.74, 6) is 2.98. The molecule has 2 heterocycles. The Morgan fingerprint density at radius 2 is 1.89 bits per heavy atom. The molecule has 2 aromatic carbocycles. The van der Waals surface area contributed by atoms with Crippen molar-refractivity contribution in [3.05, 3.63) is 77.7 Å². The van der Waals surface area contributed by atoms with E-state index in [1.807, 2.05) is 48.5 Å². The molecule has 28 heavy (non-hydrogen) atoms. The number of benzene rings is 2. The van der Waals surface area contributed by atoms with Crippen LogP contribution in [0.15, 0.2) is 70.2 Å². The molecule has 144 valence electrons. The normalized spacial score (nSPS) is 13.0. The summed E-state index contributed by atoms with van der Waals surface area (Å²) in [6, 6.07) is 17.3. The predicted molar refractivity (Wildman–Crippen MR) is 108 cm³/mol. The number of amides is 1. The number of rotatable bonds is 6. The van der Waals surface area contributed by atoms with E-state index in [1.165, 1.54) is 0 Å². The Morgan fingerprint density at radius 3 is 2.75 bits per heavy atom. The lowest BCUT2D eigenvalue weighted by atomic mass is 10.1. The minimum atomic E-state index is -0.112. The quantitative estimate of drug-likeness (QED) is 0.615. The predicted octanol–water partition coefficient (Wildman–Crippen LogP) is 4.66. The van der Waals surface area contributed by atoms with Gasteiger partial charge in [-0.1, -0.05) is 12.1 Å². The molecule has 1 amide bonds. The van der Waals surface area contributed by atoms with Crippen molar-refractivity contribution in [1.29, 1.82) is 0 Å². The van der Waals surface area contributed by atoms with E-state index in [0.29, 0.717) is 25.3 Å². The van der Waals surface area contributed by atoms with Gasteiger partial charge in [-0.05, 0) is 48.0 Å². The van der Waals surface area contributed by atoms with Crippen molar-refractivity contribution in [3.63, 3.8) is 0 Å². The van der Waals surface area contributed by atoms with Crippen molar-refractivity contribution in [2.45, 2.75) is 23.6 Å². The zero-order valence-electron chi connectivity index (χ0n) is 15.4. The average Bonchev–Trinajstić information content (AvgIpc) is 3.14. The lowest BCUT2D eigenvalue weighted by molar-refractivity contribution is 0.0948. The molecule has 1 N–H and O–H groups in total. The number of furan rings is 1. The van der Waals surface area contributed by atoms with Gasteiger partial charge in [0.25, 0.3) is 5.91 Å². The maximum atomic E-state index is 12.4. The largest absolute Gasteiger partial charge is 0.490 e. The van der Waals surface area contributed by atoms with Crippen LogP contribution in [0, 0.1) is 0 Å². The van der Waals surface area contributed by atoms with Crippen LogP contribution >= 0.6 is 11.8 Å². The smallest absolute Gasteiger partial charge is 0.251 e. The van der Waals surface area contributed by atoms with Gasteiger partial charge in [0, 0.05) is 22.6 Å². The molecular weight excluding hydrogens is 374 g/mol. The minimum absolute atomic E-state index is 0.112. The van der Waals surface area contributed by atoms with Crippen molar-refractivity contribution in [2.24, 2.45) is 0 Å². The van der Waals surface area contributed by atoms with Gasteiger partial charge in [0.2, 0.25) is 0 Å². The van der Waals surface area contributed by atoms with Gasteiger partial charge in [-0.15, -0.1) is 11.8 Å². The summed E-state index contributed by atoms with van der Waals surface area (Å²) >= 11 is 1.70. The van der Waals surface area contributed by atoms with E-state index in [1.54, 1.807) is 24.1 Å². The van der Waals surface area contributed by atoms with Gasteiger partial charge in [-0.2, -0.15) is 0 Å². The van der Waals surface area contributed by atoms with Crippen molar-refractivity contribution >= 4 is 17.7 Å². The van der Waals surface area contributed by atoms with Gasteiger partial charge in [0.15, 0.2) is 11.5 Å². The fraction of sp³-hybridized carbons (Fsp3) is 0.227. The fourth-order valence-corrected chi connectivity index (χ4v) is 3.75. The standard InChI is InChI=1S/C22H21NO4S/c24-22(23-14-18-6-2-9-25-18)17-5-1-4-16(12-17)15-28-19-7-8-20-21(13-19)27-11-3-10-26-20/h1-2,4-9,12-13H,3,10-11,14-15H2,(H,23,24). The number of hydrogen-bond donors (Lipinski definition) is 1. The first-order valence-corrected chi connectivity index (χ1v) is 10.2. The van der Waals surface area contributed by atoms with Crippen LogP contribution in [-0.4, -0.2) is 19.1 Å². The summed E-state index contributed by atoms with van der Waals surface area (Å²) in [6.07, 6.45) is 2.49. The van der Waals surface area contributed by atoms with Crippen LogP contribution in [0.2, 0.25) is 0 Å². The highest BCUT2D eigenvalue weighted by molar-refractivity contribution is 7.98. The molecule has 0 atom stereocenters. The number of hydrogen-bond acceptors (Lipinski definition) is 5. The number of carbonyl (C=O) groups excluding carboxylic acids is 1. The number of nitrogens with one attached hydrogen (secondary N) is 1. The maximum absolute atomic E-state index is 12.4. The van der Waals surface area contributed by atoms with Gasteiger partial charge in [-0.3, -0.25) is 4.79 Å². The Bertz CT molecular complexity index is 939. The zero-order valence-corrected chi connectivity index (χ0v) is 16.2. The van der Waals surface area contributed by atoms with Crippen LogP contribution in [0.25, 0.3) is 0 Å². The van der Waals surface area contributed by atoms with E-state index in [2.05, 4.69) is 5.32 Å². The number of fused-ring (bicyclic) bond motifs is 1. The monoisotopic (exact) mass is 395 g/mol. The van der Waals surface area contributed by atoms with Crippen LogP contribution in [0.4, 0.5) is 0 Å². The van der Waals surface area contributed by atoms with E-state index in [4.69, 9.17) is 13.9 Å². The van der Waals surface area contributed by atoms with Crippen LogP contribution in [-0.2, 0) is 12.3 Å². The molecule has 5 nitrogen and oxygen atoms in total. The highest BCUT2D eigenvalue weighted by Crippen LogP contribution is 2.34. The molecular formula is C22H21NO4S. The van der Waals surface area contributed by atoms with Crippen molar-refractivity contribution in [2.75, 3.05) is 13.2 Å². The summed E-state index contributed by atoms with van der Waals surface area (Å²) < 4.78 is 16.7. The van der Waals surface area contributed by atoms with Crippen molar-refractivity contribution in [3.8, 4) is 11.5 Å². The first-order valence-electron chi connectivity index (χ1n) is 9.20. The average molecular weight is 395 g/mol. The summed E-state index contributed by atoms with van der Waals surface area (Å²) in [6.45, 7) is 1.74. The van der Waals surface area contributed by atoms with E-state index in [9.17, 15) is 4.79 Å². The second kappa shape index (κ2) is 8.89. The molecule has 1 aromatic heterocycles. The summed E-state index contributed by atoms with van der Waals surface area (Å²) in [5, 5.41) is 2.87. The molecule has 4 rings (SSSR count). The molecule has 1 aliphatic heterocycles. The van der Waals surface area contributed by atoms with Crippen molar-refractivity contribution < 1.29 is 18.7 Å². The summed E-state index contributed by atoms with van der Waals surface area (Å²) in [7, 11) is 0. The Kier molecular flexibility index (Phi) is 5.87. The van der Waals surface area contributed by atoms with Crippen LogP contribution in [0.5, 0.6) is 11.5 Å². The van der Waals surface area contributed by atoms with Crippen LogP contribution < -0.4 is 14.8 Å². The lowest BCUT2D eigenvalue weighted by Gasteiger charge is -2.10. The summed E-state index contributed by atoms with van der Waals surface area (Å²) in [5.41, 5.74) is 1.73. The minimum Gasteiger partial charge on any atom is -0.490 e. The molecule has 0 fully saturated rings. The van der Waals surface area contributed by atoms with Crippen LogP contribution in [0.3, 0.4) is 0 Å². The second-order valence-corrected chi connectivity index (χ2v) is 7.46. The molecule has 0 unspecified atom stereocenters. The van der Waals surface area contributed by atoms with Gasteiger partial charge in [0.05, 0.1) is 26.0 Å². The van der Waals surface area contributed by atoms with Gasteiger partial charge >= 0.3 is 0 Å². The molecule has 3 aromatic rings.